The number of methoxy groups -OCH3 is 2. The van der Waals surface area contributed by atoms with E-state index in [1.165, 1.54) is 0 Å². The molecule has 1 aromatic heterocycles. The van der Waals surface area contributed by atoms with Crippen LogP contribution in [0.5, 0.6) is 23.1 Å². The van der Waals surface area contributed by atoms with E-state index in [-0.39, 0.29) is 4.99 Å². The van der Waals surface area contributed by atoms with Gasteiger partial charge in [0.2, 0.25) is 11.6 Å². The van der Waals surface area contributed by atoms with Crippen LogP contribution >= 0.6 is 12.2 Å². The van der Waals surface area contributed by atoms with Gasteiger partial charge in [0.15, 0.2) is 11.5 Å². The predicted octanol–water partition coefficient (Wildman–Crippen LogP) is 2.17. The van der Waals surface area contributed by atoms with E-state index >= 15 is 0 Å². The van der Waals surface area contributed by atoms with Crippen LogP contribution in [0.4, 0.5) is 0 Å². The van der Waals surface area contributed by atoms with Crippen molar-refractivity contribution in [1.29, 1.82) is 0 Å². The number of ether oxygens (including phenoxy) is 3. The van der Waals surface area contributed by atoms with Gasteiger partial charge in [-0.05, 0) is 19.1 Å². The quantitative estimate of drug-likeness (QED) is 0.854. The van der Waals surface area contributed by atoms with Crippen molar-refractivity contribution in [2.45, 2.75) is 6.92 Å². The molecule has 0 aliphatic rings. The van der Waals surface area contributed by atoms with Gasteiger partial charge in [0.1, 0.15) is 4.99 Å². The number of hydrogen-bond donors (Lipinski definition) is 1. The Balaban J connectivity index is 2.55. The van der Waals surface area contributed by atoms with Crippen LogP contribution in [0.15, 0.2) is 18.2 Å². The summed E-state index contributed by atoms with van der Waals surface area (Å²) < 4.78 is 18.1. The first-order valence-electron chi connectivity index (χ1n) is 6.21. The maximum atomic E-state index is 5.95. The van der Waals surface area contributed by atoms with E-state index in [0.29, 0.717) is 34.4 Å². The highest BCUT2D eigenvalue weighted by molar-refractivity contribution is 7.80. The number of aromatic nitrogens is 2. The summed E-state index contributed by atoms with van der Waals surface area (Å²) in [5, 5.41) is 4.28. The molecule has 21 heavy (non-hydrogen) atoms. The molecule has 2 rings (SSSR count). The van der Waals surface area contributed by atoms with E-state index in [9.17, 15) is 0 Å². The monoisotopic (exact) mass is 307 g/mol. The van der Waals surface area contributed by atoms with E-state index in [1.54, 1.807) is 38.1 Å². The normalized spacial score (nSPS) is 10.3. The number of hydrogen-bond acceptors (Lipinski definition) is 5. The zero-order valence-corrected chi connectivity index (χ0v) is 13.2. The summed E-state index contributed by atoms with van der Waals surface area (Å²) >= 11 is 5.07. The number of para-hydroxylation sites is 1. The molecule has 0 atom stereocenters. The van der Waals surface area contributed by atoms with Crippen LogP contribution < -0.4 is 19.9 Å². The Morgan fingerprint density at radius 1 is 1.24 bits per heavy atom. The first kappa shape index (κ1) is 15.1. The fraction of sp³-hybridized carbons (Fsp3) is 0.286. The second-order valence-electron chi connectivity index (χ2n) is 4.35. The van der Waals surface area contributed by atoms with Crippen LogP contribution in [0.25, 0.3) is 0 Å². The first-order valence-corrected chi connectivity index (χ1v) is 6.62. The summed E-state index contributed by atoms with van der Waals surface area (Å²) in [5.41, 5.74) is 7.06. The van der Waals surface area contributed by atoms with Gasteiger partial charge in [-0.15, -0.1) is 0 Å². The summed E-state index contributed by atoms with van der Waals surface area (Å²) in [6, 6.07) is 5.37. The third kappa shape index (κ3) is 2.78. The molecule has 2 N–H and O–H groups in total. The topological polar surface area (TPSA) is 71.5 Å². The Labute approximate surface area is 128 Å². The predicted molar refractivity (Wildman–Crippen MR) is 83.5 cm³/mol. The van der Waals surface area contributed by atoms with E-state index in [4.69, 9.17) is 32.2 Å². The molecular formula is C14H17N3O3S. The van der Waals surface area contributed by atoms with E-state index in [1.807, 2.05) is 13.0 Å². The molecule has 0 radical (unpaired) electrons. The SMILES string of the molecule is COc1cccc(OC)c1Oc1c(C(N)=S)c(C)nn1C. The Morgan fingerprint density at radius 2 is 1.81 bits per heavy atom. The van der Waals surface area contributed by atoms with E-state index < -0.39 is 0 Å². The smallest absolute Gasteiger partial charge is 0.228 e. The number of benzene rings is 1. The molecule has 1 aromatic carbocycles. The largest absolute Gasteiger partial charge is 0.493 e. The highest BCUT2D eigenvalue weighted by Crippen LogP contribution is 2.41. The molecule has 0 fully saturated rings. The van der Waals surface area contributed by atoms with E-state index in [2.05, 4.69) is 5.10 Å². The Morgan fingerprint density at radius 3 is 2.29 bits per heavy atom. The van der Waals surface area contributed by atoms with Gasteiger partial charge >= 0.3 is 0 Å². The van der Waals surface area contributed by atoms with Crippen molar-refractivity contribution < 1.29 is 14.2 Å². The molecule has 0 aliphatic carbocycles. The van der Waals surface area contributed by atoms with Crippen molar-refractivity contribution >= 4 is 17.2 Å². The summed E-state index contributed by atoms with van der Waals surface area (Å²) in [4.78, 5) is 0.226. The lowest BCUT2D eigenvalue weighted by Gasteiger charge is -2.14. The minimum absolute atomic E-state index is 0.226. The molecule has 0 bridgehead atoms. The van der Waals surface area contributed by atoms with Gasteiger partial charge in [-0.1, -0.05) is 18.3 Å². The average molecular weight is 307 g/mol. The maximum absolute atomic E-state index is 5.95. The molecule has 0 unspecified atom stereocenters. The molecule has 0 amide bonds. The van der Waals surface area contributed by atoms with Crippen molar-refractivity contribution in [2.75, 3.05) is 14.2 Å². The van der Waals surface area contributed by atoms with Crippen LogP contribution in [0.1, 0.15) is 11.3 Å². The van der Waals surface area contributed by atoms with Crippen LogP contribution in [-0.4, -0.2) is 29.0 Å². The molecule has 6 nitrogen and oxygen atoms in total. The van der Waals surface area contributed by atoms with Gasteiger partial charge in [0.25, 0.3) is 0 Å². The molecule has 0 saturated carbocycles. The number of nitrogens with zero attached hydrogens (tertiary/aromatic N) is 2. The lowest BCUT2D eigenvalue weighted by atomic mass is 10.2. The number of nitrogens with two attached hydrogens (primary N) is 1. The lowest BCUT2D eigenvalue weighted by Crippen LogP contribution is -2.11. The second-order valence-corrected chi connectivity index (χ2v) is 4.79. The fourth-order valence-electron chi connectivity index (χ4n) is 2.05. The third-order valence-corrected chi connectivity index (χ3v) is 3.20. The van der Waals surface area contributed by atoms with Crippen molar-refractivity contribution in [3.05, 3.63) is 29.5 Å². The summed E-state index contributed by atoms with van der Waals surface area (Å²) in [6.07, 6.45) is 0. The highest BCUT2D eigenvalue weighted by atomic mass is 32.1. The first-order chi connectivity index (χ1) is 9.99. The number of aryl methyl sites for hydroxylation is 2. The lowest BCUT2D eigenvalue weighted by molar-refractivity contribution is 0.335. The number of thiocarbonyl (C=S) groups is 1. The summed E-state index contributed by atoms with van der Waals surface area (Å²) in [5.74, 6) is 1.98. The molecule has 0 spiro atoms. The highest BCUT2D eigenvalue weighted by Gasteiger charge is 2.21. The Bertz CT molecular complexity index is 660. The van der Waals surface area contributed by atoms with Crippen molar-refractivity contribution in [2.24, 2.45) is 12.8 Å². The minimum Gasteiger partial charge on any atom is -0.493 e. The van der Waals surface area contributed by atoms with Crippen molar-refractivity contribution in [1.82, 2.24) is 9.78 Å². The average Bonchev–Trinajstić information content (AvgIpc) is 2.73. The van der Waals surface area contributed by atoms with Gasteiger partial charge in [-0.2, -0.15) is 5.10 Å². The number of rotatable bonds is 5. The molecule has 7 heteroatoms. The van der Waals surface area contributed by atoms with Crippen LogP contribution in [-0.2, 0) is 7.05 Å². The second kappa shape index (κ2) is 6.01. The molecule has 0 aliphatic heterocycles. The van der Waals surface area contributed by atoms with Crippen LogP contribution in [0, 0.1) is 6.92 Å². The van der Waals surface area contributed by atoms with Gasteiger partial charge in [-0.3, -0.25) is 0 Å². The van der Waals surface area contributed by atoms with Gasteiger partial charge in [-0.25, -0.2) is 4.68 Å². The Kier molecular flexibility index (Phi) is 4.32. The summed E-state index contributed by atoms with van der Waals surface area (Å²) in [7, 11) is 4.88. The molecule has 1 heterocycles. The van der Waals surface area contributed by atoms with Crippen molar-refractivity contribution in [3.63, 3.8) is 0 Å². The molecular weight excluding hydrogens is 290 g/mol. The third-order valence-electron chi connectivity index (χ3n) is 3.00. The summed E-state index contributed by atoms with van der Waals surface area (Å²) in [6.45, 7) is 1.82. The Hall–Kier alpha value is -2.28. The zero-order chi connectivity index (χ0) is 15.6. The van der Waals surface area contributed by atoms with E-state index in [0.717, 1.165) is 0 Å². The zero-order valence-electron chi connectivity index (χ0n) is 12.3. The molecule has 0 saturated heterocycles. The minimum atomic E-state index is 0.226. The van der Waals surface area contributed by atoms with Crippen LogP contribution in [0.2, 0.25) is 0 Å². The standard InChI is InChI=1S/C14H17N3O3S/c1-8-11(13(15)21)14(17(2)16-8)20-12-9(18-3)6-5-7-10(12)19-4/h5-7H,1-4H3,(H2,15,21). The van der Waals surface area contributed by atoms with Crippen LogP contribution in [0.3, 0.4) is 0 Å². The van der Waals surface area contributed by atoms with Gasteiger partial charge in [0, 0.05) is 7.05 Å². The fourth-order valence-corrected chi connectivity index (χ4v) is 2.29. The maximum Gasteiger partial charge on any atom is 0.228 e. The van der Waals surface area contributed by atoms with Crippen molar-refractivity contribution in [3.8, 4) is 23.1 Å². The van der Waals surface area contributed by atoms with Gasteiger partial charge < -0.3 is 19.9 Å². The molecule has 2 aromatic rings. The molecule has 112 valence electrons. The van der Waals surface area contributed by atoms with Gasteiger partial charge in [0.05, 0.1) is 25.5 Å².